The number of nitriles is 1. The van der Waals surface area contributed by atoms with Crippen LogP contribution in [0, 0.1) is 18.3 Å². The first-order valence-electron chi connectivity index (χ1n) is 9.39. The maximum Gasteiger partial charge on any atom is 0.339 e. The molecule has 0 unspecified atom stereocenters. The number of benzene rings is 2. The molecule has 0 spiro atoms. The van der Waals surface area contributed by atoms with E-state index in [-0.39, 0.29) is 13.0 Å². The molecule has 0 atom stereocenters. The Bertz CT molecular complexity index is 1120. The number of nitrogens with zero attached hydrogens (tertiary/aromatic N) is 3. The molecule has 1 heterocycles. The zero-order valence-electron chi connectivity index (χ0n) is 16.8. The molecule has 3 aromatic rings. The van der Waals surface area contributed by atoms with Crippen molar-refractivity contribution >= 4 is 28.5 Å². The molecule has 3 rings (SSSR count). The minimum Gasteiger partial charge on any atom is -0.495 e. The van der Waals surface area contributed by atoms with E-state index in [4.69, 9.17) is 14.7 Å². The van der Waals surface area contributed by atoms with E-state index in [9.17, 15) is 9.59 Å². The molecule has 1 aromatic heterocycles. The van der Waals surface area contributed by atoms with Crippen LogP contribution >= 0.6 is 0 Å². The Balaban J connectivity index is 1.80. The van der Waals surface area contributed by atoms with Crippen molar-refractivity contribution in [3.05, 3.63) is 65.9 Å². The minimum atomic E-state index is -0.606. The van der Waals surface area contributed by atoms with Gasteiger partial charge in [0.25, 0.3) is 5.91 Å². The first-order valence-corrected chi connectivity index (χ1v) is 9.39. The quantitative estimate of drug-likeness (QED) is 0.559. The van der Waals surface area contributed by atoms with Gasteiger partial charge in [-0.05, 0) is 31.2 Å². The molecular formula is C23H21N3O4. The fraction of sp³-hybridized carbons (Fsp3) is 0.217. The summed E-state index contributed by atoms with van der Waals surface area (Å²) in [5, 5.41) is 9.61. The number of para-hydroxylation sites is 3. The van der Waals surface area contributed by atoms with E-state index in [1.165, 1.54) is 12.0 Å². The highest BCUT2D eigenvalue weighted by molar-refractivity contribution is 6.04. The molecule has 0 saturated heterocycles. The van der Waals surface area contributed by atoms with E-state index in [0.29, 0.717) is 33.6 Å². The van der Waals surface area contributed by atoms with Gasteiger partial charge >= 0.3 is 5.97 Å². The number of hydrogen-bond donors (Lipinski definition) is 0. The van der Waals surface area contributed by atoms with Crippen LogP contribution in [-0.4, -0.2) is 37.1 Å². The number of rotatable bonds is 7. The van der Waals surface area contributed by atoms with Gasteiger partial charge in [-0.25, -0.2) is 4.79 Å². The van der Waals surface area contributed by atoms with Gasteiger partial charge in [-0.1, -0.05) is 30.3 Å². The number of aryl methyl sites for hydroxylation is 1. The molecule has 152 valence electrons. The highest BCUT2D eigenvalue weighted by Crippen LogP contribution is 2.28. The van der Waals surface area contributed by atoms with Crippen LogP contribution in [0.4, 0.5) is 5.69 Å². The molecule has 7 nitrogen and oxygen atoms in total. The standard InChI is InChI=1S/C23H21N3O4/c1-16-14-18(17-8-3-4-9-19(17)25-16)23(28)30-15-22(27)26(13-7-12-24)20-10-5-6-11-21(20)29-2/h3-6,8-11,14H,7,13,15H2,1-2H3. The largest absolute Gasteiger partial charge is 0.495 e. The van der Waals surface area contributed by atoms with E-state index >= 15 is 0 Å². The molecule has 0 saturated carbocycles. The number of anilines is 1. The molecule has 30 heavy (non-hydrogen) atoms. The number of esters is 1. The highest BCUT2D eigenvalue weighted by atomic mass is 16.5. The Kier molecular flexibility index (Phi) is 6.60. The maximum absolute atomic E-state index is 12.9. The van der Waals surface area contributed by atoms with Crippen LogP contribution in [0.25, 0.3) is 10.9 Å². The van der Waals surface area contributed by atoms with Gasteiger partial charge in [0.15, 0.2) is 6.61 Å². The van der Waals surface area contributed by atoms with Gasteiger partial charge in [0.1, 0.15) is 5.75 Å². The second-order valence-electron chi connectivity index (χ2n) is 6.53. The zero-order valence-corrected chi connectivity index (χ0v) is 16.8. The van der Waals surface area contributed by atoms with Crippen LogP contribution in [0.5, 0.6) is 5.75 Å². The maximum atomic E-state index is 12.9. The molecule has 0 radical (unpaired) electrons. The third kappa shape index (κ3) is 4.55. The molecule has 0 aliphatic carbocycles. The normalized spacial score (nSPS) is 10.3. The van der Waals surface area contributed by atoms with Gasteiger partial charge < -0.3 is 14.4 Å². The van der Waals surface area contributed by atoms with Gasteiger partial charge in [0.05, 0.1) is 36.4 Å². The molecule has 0 N–H and O–H groups in total. The monoisotopic (exact) mass is 403 g/mol. The number of methoxy groups -OCH3 is 1. The van der Waals surface area contributed by atoms with E-state index in [1.54, 1.807) is 43.3 Å². The topological polar surface area (TPSA) is 92.5 Å². The number of carbonyl (C=O) groups is 2. The summed E-state index contributed by atoms with van der Waals surface area (Å²) < 4.78 is 10.6. The van der Waals surface area contributed by atoms with Crippen molar-refractivity contribution in [1.82, 2.24) is 4.98 Å². The SMILES string of the molecule is COc1ccccc1N(CCC#N)C(=O)COC(=O)c1cc(C)nc2ccccc12. The van der Waals surface area contributed by atoms with Crippen molar-refractivity contribution in [3.8, 4) is 11.8 Å². The predicted molar refractivity (Wildman–Crippen MR) is 112 cm³/mol. The average molecular weight is 403 g/mol. The molecule has 0 aliphatic rings. The number of ether oxygens (including phenoxy) is 2. The average Bonchev–Trinajstić information content (AvgIpc) is 2.77. The van der Waals surface area contributed by atoms with E-state index in [1.807, 2.05) is 24.3 Å². The Hall–Kier alpha value is -3.92. The Morgan fingerprint density at radius 2 is 1.87 bits per heavy atom. The summed E-state index contributed by atoms with van der Waals surface area (Å²) in [6.45, 7) is 1.49. The number of hydrogen-bond acceptors (Lipinski definition) is 6. The summed E-state index contributed by atoms with van der Waals surface area (Å²) in [5.41, 5.74) is 2.23. The van der Waals surface area contributed by atoms with Gasteiger partial charge in [-0.3, -0.25) is 9.78 Å². The van der Waals surface area contributed by atoms with Gasteiger partial charge in [0.2, 0.25) is 0 Å². The first-order chi connectivity index (χ1) is 14.5. The van der Waals surface area contributed by atoms with Crippen LogP contribution < -0.4 is 9.64 Å². The van der Waals surface area contributed by atoms with E-state index in [0.717, 1.165) is 0 Å². The van der Waals surface area contributed by atoms with Crippen LogP contribution in [-0.2, 0) is 9.53 Å². The number of pyridine rings is 1. The molecule has 0 bridgehead atoms. The molecule has 0 aliphatic heterocycles. The fourth-order valence-corrected chi connectivity index (χ4v) is 3.15. The summed E-state index contributed by atoms with van der Waals surface area (Å²) in [6.07, 6.45) is 0.131. The van der Waals surface area contributed by atoms with Crippen molar-refractivity contribution in [2.45, 2.75) is 13.3 Å². The highest BCUT2D eigenvalue weighted by Gasteiger charge is 2.21. The van der Waals surface area contributed by atoms with Crippen molar-refractivity contribution in [2.75, 3.05) is 25.2 Å². The van der Waals surface area contributed by atoms with Crippen LogP contribution in [0.2, 0.25) is 0 Å². The Morgan fingerprint density at radius 3 is 2.63 bits per heavy atom. The third-order valence-electron chi connectivity index (χ3n) is 4.52. The number of fused-ring (bicyclic) bond motifs is 1. The van der Waals surface area contributed by atoms with Crippen molar-refractivity contribution in [3.63, 3.8) is 0 Å². The lowest BCUT2D eigenvalue weighted by atomic mass is 10.1. The van der Waals surface area contributed by atoms with Crippen molar-refractivity contribution in [2.24, 2.45) is 0 Å². The first kappa shape index (κ1) is 20.8. The van der Waals surface area contributed by atoms with Crippen LogP contribution in [0.1, 0.15) is 22.5 Å². The minimum absolute atomic E-state index is 0.131. The Morgan fingerprint density at radius 1 is 1.13 bits per heavy atom. The third-order valence-corrected chi connectivity index (χ3v) is 4.52. The Labute approximate surface area is 174 Å². The lowest BCUT2D eigenvalue weighted by Crippen LogP contribution is -2.35. The van der Waals surface area contributed by atoms with E-state index in [2.05, 4.69) is 4.98 Å². The summed E-state index contributed by atoms with van der Waals surface area (Å²) in [6, 6.07) is 17.9. The second kappa shape index (κ2) is 9.52. The van der Waals surface area contributed by atoms with Crippen molar-refractivity contribution < 1.29 is 19.1 Å². The van der Waals surface area contributed by atoms with Crippen molar-refractivity contribution in [1.29, 1.82) is 5.26 Å². The van der Waals surface area contributed by atoms with Crippen LogP contribution in [0.3, 0.4) is 0 Å². The molecule has 0 fully saturated rings. The molecule has 7 heteroatoms. The summed E-state index contributed by atoms with van der Waals surface area (Å²) in [4.78, 5) is 31.4. The van der Waals surface area contributed by atoms with Crippen LogP contribution in [0.15, 0.2) is 54.6 Å². The number of amides is 1. The summed E-state index contributed by atoms with van der Waals surface area (Å²) >= 11 is 0. The predicted octanol–water partition coefficient (Wildman–Crippen LogP) is 3.66. The summed E-state index contributed by atoms with van der Waals surface area (Å²) in [5.74, 6) is -0.561. The van der Waals surface area contributed by atoms with Gasteiger partial charge in [-0.2, -0.15) is 5.26 Å². The molecule has 1 amide bonds. The fourth-order valence-electron chi connectivity index (χ4n) is 3.15. The lowest BCUT2D eigenvalue weighted by Gasteiger charge is -2.23. The smallest absolute Gasteiger partial charge is 0.339 e. The molecule has 2 aromatic carbocycles. The second-order valence-corrected chi connectivity index (χ2v) is 6.53. The zero-order chi connectivity index (χ0) is 21.5. The van der Waals surface area contributed by atoms with Gasteiger partial charge in [0, 0.05) is 17.6 Å². The molecular weight excluding hydrogens is 382 g/mol. The lowest BCUT2D eigenvalue weighted by molar-refractivity contribution is -0.121. The van der Waals surface area contributed by atoms with E-state index < -0.39 is 18.5 Å². The number of aromatic nitrogens is 1. The number of carbonyl (C=O) groups excluding carboxylic acids is 2. The summed E-state index contributed by atoms with van der Waals surface area (Å²) in [7, 11) is 1.50. The van der Waals surface area contributed by atoms with Gasteiger partial charge in [-0.15, -0.1) is 0 Å².